The molecule has 0 heterocycles. The summed E-state index contributed by atoms with van der Waals surface area (Å²) in [6, 6.07) is 22.6. The number of ether oxygens (including phenoxy) is 2. The molecule has 198 valence electrons. The Balaban J connectivity index is 1.33. The highest BCUT2D eigenvalue weighted by Crippen LogP contribution is 2.44. The predicted octanol–water partition coefficient (Wildman–Crippen LogP) is 5.96. The minimum Gasteiger partial charge on any atom is -0.481 e. The van der Waals surface area contributed by atoms with Gasteiger partial charge >= 0.3 is 18.2 Å². The highest BCUT2D eigenvalue weighted by molar-refractivity contribution is 5.85. The monoisotopic (exact) mass is 516 g/mol. The van der Waals surface area contributed by atoms with E-state index in [1.807, 2.05) is 24.3 Å². The van der Waals surface area contributed by atoms with E-state index in [2.05, 4.69) is 34.9 Å². The molecule has 0 fully saturated rings. The number of aliphatic carboxylic acids is 1. The zero-order valence-corrected chi connectivity index (χ0v) is 21.7. The zero-order chi connectivity index (χ0) is 27.3. The smallest absolute Gasteiger partial charge is 0.411 e. The molecule has 38 heavy (non-hydrogen) atoms. The van der Waals surface area contributed by atoms with E-state index >= 15 is 0 Å². The van der Waals surface area contributed by atoms with Crippen molar-refractivity contribution in [1.82, 2.24) is 5.32 Å². The number of fused-ring (bicyclic) bond motifs is 3. The molecule has 0 saturated carbocycles. The van der Waals surface area contributed by atoms with E-state index in [0.29, 0.717) is 5.69 Å². The number of carbonyl (C=O) groups excluding carboxylic acids is 2. The Morgan fingerprint density at radius 2 is 1.45 bits per heavy atom. The number of carbonyl (C=O) groups is 3. The lowest BCUT2D eigenvalue weighted by Gasteiger charge is -2.23. The standard InChI is InChI=1S/C30H32N2O6/c1-30(2,3)38-29(36)32-21(17-27(33)34)16-19-12-14-20(15-13-19)31-28(35)37-18-26-24-10-6-4-8-22(24)23-9-5-7-11-25(23)26/h4-15,21,26H,16-18H2,1-3H3,(H,31,35)(H,32,36)(H,33,34)/t21-/m0/s1. The maximum Gasteiger partial charge on any atom is 0.411 e. The largest absolute Gasteiger partial charge is 0.481 e. The summed E-state index contributed by atoms with van der Waals surface area (Å²) in [5.74, 6) is -1.06. The van der Waals surface area contributed by atoms with E-state index in [-0.39, 0.29) is 25.4 Å². The molecule has 0 aliphatic heterocycles. The number of carboxylic acids is 1. The minimum absolute atomic E-state index is 0.0285. The number of amides is 2. The molecule has 3 aromatic rings. The normalized spacial score (nSPS) is 13.1. The second-order valence-electron chi connectivity index (χ2n) is 10.3. The molecule has 0 aromatic heterocycles. The Labute approximate surface area is 222 Å². The highest BCUT2D eigenvalue weighted by atomic mass is 16.6. The molecule has 0 unspecified atom stereocenters. The zero-order valence-electron chi connectivity index (χ0n) is 21.7. The van der Waals surface area contributed by atoms with Gasteiger partial charge in [0, 0.05) is 17.6 Å². The fourth-order valence-electron chi connectivity index (χ4n) is 4.62. The first kappa shape index (κ1) is 26.7. The lowest BCUT2D eigenvalue weighted by Crippen LogP contribution is -2.41. The van der Waals surface area contributed by atoms with Crippen LogP contribution in [0.3, 0.4) is 0 Å². The second kappa shape index (κ2) is 11.4. The van der Waals surface area contributed by atoms with Crippen LogP contribution in [0.15, 0.2) is 72.8 Å². The van der Waals surface area contributed by atoms with Gasteiger partial charge in [-0.15, -0.1) is 0 Å². The van der Waals surface area contributed by atoms with Gasteiger partial charge in [0.1, 0.15) is 12.2 Å². The maximum absolute atomic E-state index is 12.6. The van der Waals surface area contributed by atoms with Crippen LogP contribution in [0.25, 0.3) is 11.1 Å². The molecule has 3 N–H and O–H groups in total. The van der Waals surface area contributed by atoms with Gasteiger partial charge in [0.2, 0.25) is 0 Å². The summed E-state index contributed by atoms with van der Waals surface area (Å²) in [5.41, 5.74) is 5.25. The summed E-state index contributed by atoms with van der Waals surface area (Å²) in [6.45, 7) is 5.42. The number of anilines is 1. The Morgan fingerprint density at radius 3 is 2.00 bits per heavy atom. The van der Waals surface area contributed by atoms with Gasteiger partial charge in [0.25, 0.3) is 0 Å². The maximum atomic E-state index is 12.6. The van der Waals surface area contributed by atoms with Crippen molar-refractivity contribution in [3.05, 3.63) is 89.5 Å². The molecule has 0 bridgehead atoms. The summed E-state index contributed by atoms with van der Waals surface area (Å²) in [6.07, 6.45) is -1.19. The molecule has 1 aliphatic rings. The van der Waals surface area contributed by atoms with E-state index < -0.39 is 29.8 Å². The first-order valence-electron chi connectivity index (χ1n) is 12.5. The third-order valence-corrected chi connectivity index (χ3v) is 6.17. The molecule has 1 atom stereocenters. The van der Waals surface area contributed by atoms with Crippen molar-refractivity contribution < 1.29 is 29.0 Å². The van der Waals surface area contributed by atoms with E-state index in [0.717, 1.165) is 27.8 Å². The summed E-state index contributed by atoms with van der Waals surface area (Å²) in [7, 11) is 0. The van der Waals surface area contributed by atoms with E-state index in [1.165, 1.54) is 0 Å². The van der Waals surface area contributed by atoms with Crippen molar-refractivity contribution in [1.29, 1.82) is 0 Å². The Hall–Kier alpha value is -4.33. The topological polar surface area (TPSA) is 114 Å². The van der Waals surface area contributed by atoms with Gasteiger partial charge in [-0.25, -0.2) is 9.59 Å². The molecular weight excluding hydrogens is 484 g/mol. The number of hydrogen-bond acceptors (Lipinski definition) is 5. The first-order valence-corrected chi connectivity index (χ1v) is 12.5. The quantitative estimate of drug-likeness (QED) is 0.341. The van der Waals surface area contributed by atoms with Crippen molar-refractivity contribution in [2.45, 2.75) is 51.2 Å². The summed E-state index contributed by atoms with van der Waals surface area (Å²) in [4.78, 5) is 36.0. The van der Waals surface area contributed by atoms with Gasteiger partial charge in [-0.05, 0) is 67.1 Å². The second-order valence-corrected chi connectivity index (χ2v) is 10.3. The van der Waals surface area contributed by atoms with E-state index in [1.54, 1.807) is 45.0 Å². The van der Waals surface area contributed by atoms with E-state index in [9.17, 15) is 19.5 Å². The van der Waals surface area contributed by atoms with Crippen LogP contribution in [-0.4, -0.2) is 41.5 Å². The fraction of sp³-hybridized carbons (Fsp3) is 0.300. The molecule has 4 rings (SSSR count). The lowest BCUT2D eigenvalue weighted by molar-refractivity contribution is -0.137. The average Bonchev–Trinajstić information content (AvgIpc) is 3.16. The number of carboxylic acid groups (broad SMARTS) is 1. The molecule has 8 nitrogen and oxygen atoms in total. The van der Waals surface area contributed by atoms with Crippen LogP contribution in [0.5, 0.6) is 0 Å². The van der Waals surface area contributed by atoms with Crippen LogP contribution in [-0.2, 0) is 20.7 Å². The number of hydrogen-bond donors (Lipinski definition) is 3. The van der Waals surface area contributed by atoms with E-state index in [4.69, 9.17) is 9.47 Å². The van der Waals surface area contributed by atoms with Crippen LogP contribution in [0, 0.1) is 0 Å². The van der Waals surface area contributed by atoms with Crippen LogP contribution < -0.4 is 10.6 Å². The number of rotatable bonds is 8. The molecule has 0 spiro atoms. The van der Waals surface area contributed by atoms with Gasteiger partial charge in [-0.2, -0.15) is 0 Å². The van der Waals surface area contributed by atoms with Gasteiger partial charge in [-0.1, -0.05) is 60.7 Å². The predicted molar refractivity (Wildman–Crippen MR) is 144 cm³/mol. The highest BCUT2D eigenvalue weighted by Gasteiger charge is 2.29. The van der Waals surface area contributed by atoms with Crippen LogP contribution in [0.2, 0.25) is 0 Å². The van der Waals surface area contributed by atoms with Crippen LogP contribution >= 0.6 is 0 Å². The number of alkyl carbamates (subject to hydrolysis) is 1. The molecule has 1 aliphatic carbocycles. The lowest BCUT2D eigenvalue weighted by atomic mass is 9.98. The fourth-order valence-corrected chi connectivity index (χ4v) is 4.62. The number of nitrogens with one attached hydrogen (secondary N) is 2. The van der Waals surface area contributed by atoms with Gasteiger partial charge in [0.05, 0.1) is 6.42 Å². The van der Waals surface area contributed by atoms with Crippen molar-refractivity contribution in [2.75, 3.05) is 11.9 Å². The van der Waals surface area contributed by atoms with Gasteiger partial charge in [0.15, 0.2) is 0 Å². The summed E-state index contributed by atoms with van der Waals surface area (Å²) < 4.78 is 10.8. The van der Waals surface area contributed by atoms with Crippen molar-refractivity contribution in [2.24, 2.45) is 0 Å². The van der Waals surface area contributed by atoms with Crippen molar-refractivity contribution in [3.8, 4) is 11.1 Å². The van der Waals surface area contributed by atoms with Gasteiger partial charge in [-0.3, -0.25) is 10.1 Å². The first-order chi connectivity index (χ1) is 18.1. The van der Waals surface area contributed by atoms with Crippen LogP contribution in [0.1, 0.15) is 49.8 Å². The minimum atomic E-state index is -1.03. The average molecular weight is 517 g/mol. The van der Waals surface area contributed by atoms with Crippen molar-refractivity contribution >= 4 is 23.8 Å². The third-order valence-electron chi connectivity index (χ3n) is 6.17. The Kier molecular flexibility index (Phi) is 8.00. The molecule has 0 radical (unpaired) electrons. The summed E-state index contributed by atoms with van der Waals surface area (Å²) >= 11 is 0. The molecule has 8 heteroatoms. The van der Waals surface area contributed by atoms with Crippen LogP contribution in [0.4, 0.5) is 15.3 Å². The van der Waals surface area contributed by atoms with Gasteiger partial charge < -0.3 is 19.9 Å². The third kappa shape index (κ3) is 6.91. The Morgan fingerprint density at radius 1 is 0.868 bits per heavy atom. The summed E-state index contributed by atoms with van der Waals surface area (Å²) in [5, 5.41) is 14.6. The molecular formula is C30H32N2O6. The van der Waals surface area contributed by atoms with Crippen molar-refractivity contribution in [3.63, 3.8) is 0 Å². The number of benzene rings is 3. The Bertz CT molecular complexity index is 1270. The molecule has 0 saturated heterocycles. The molecule has 2 amide bonds. The molecule has 3 aromatic carbocycles. The SMILES string of the molecule is CC(C)(C)OC(=O)N[C@H](CC(=O)O)Cc1ccc(NC(=O)OCC2c3ccccc3-c3ccccc32)cc1.